The van der Waals surface area contributed by atoms with Crippen molar-refractivity contribution >= 4 is 27.6 Å². The third-order valence-corrected chi connectivity index (χ3v) is 4.51. The Hall–Kier alpha value is -1.01. The lowest BCUT2D eigenvalue weighted by Crippen LogP contribution is -2.08. The average molecular weight is 288 g/mol. The van der Waals surface area contributed by atoms with Crippen molar-refractivity contribution in [2.75, 3.05) is 13.4 Å². The van der Waals surface area contributed by atoms with Crippen LogP contribution in [0.5, 0.6) is 0 Å². The van der Waals surface area contributed by atoms with E-state index in [0.29, 0.717) is 11.3 Å². The maximum absolute atomic E-state index is 11.3. The molecule has 0 heterocycles. The zero-order valence-electron chi connectivity index (χ0n) is 10.5. The van der Waals surface area contributed by atoms with Crippen molar-refractivity contribution in [3.05, 3.63) is 24.3 Å². The van der Waals surface area contributed by atoms with E-state index in [2.05, 4.69) is 4.74 Å². The van der Waals surface area contributed by atoms with Gasteiger partial charge < -0.3 is 4.74 Å². The lowest BCUT2D eigenvalue weighted by atomic mass is 10.3. The molecule has 0 saturated carbocycles. The summed E-state index contributed by atoms with van der Waals surface area (Å²) in [5.41, 5.74) is 0. The molecule has 1 aromatic carbocycles. The van der Waals surface area contributed by atoms with E-state index in [0.717, 1.165) is 4.90 Å². The van der Waals surface area contributed by atoms with Crippen LogP contribution in [-0.2, 0) is 19.4 Å². The highest BCUT2D eigenvalue weighted by Gasteiger charge is 2.11. The second kappa shape index (κ2) is 6.24. The Balaban J connectivity index is 2.67. The molecule has 0 aliphatic rings. The first-order chi connectivity index (χ1) is 8.32. The third-order valence-electron chi connectivity index (χ3n) is 2.27. The summed E-state index contributed by atoms with van der Waals surface area (Å²) in [6, 6.07) is 6.63. The SMILES string of the molecule is COC(=O)CC(C)Sc1ccc(S(C)(=O)=O)cc1. The molecule has 0 aliphatic carbocycles. The van der Waals surface area contributed by atoms with Crippen LogP contribution in [0, 0.1) is 0 Å². The smallest absolute Gasteiger partial charge is 0.306 e. The molecule has 1 atom stereocenters. The Kier molecular flexibility index (Phi) is 5.22. The molecular weight excluding hydrogens is 272 g/mol. The van der Waals surface area contributed by atoms with Crippen molar-refractivity contribution in [2.24, 2.45) is 0 Å². The van der Waals surface area contributed by atoms with Crippen LogP contribution in [0.15, 0.2) is 34.1 Å². The summed E-state index contributed by atoms with van der Waals surface area (Å²) in [7, 11) is -1.79. The summed E-state index contributed by atoms with van der Waals surface area (Å²) < 4.78 is 27.2. The number of sulfone groups is 1. The van der Waals surface area contributed by atoms with E-state index >= 15 is 0 Å². The molecule has 0 fully saturated rings. The molecule has 0 bridgehead atoms. The van der Waals surface area contributed by atoms with Crippen molar-refractivity contribution in [3.8, 4) is 0 Å². The number of methoxy groups -OCH3 is 1. The minimum absolute atomic E-state index is 0.0848. The Morgan fingerprint density at radius 3 is 2.33 bits per heavy atom. The van der Waals surface area contributed by atoms with Crippen LogP contribution >= 0.6 is 11.8 Å². The molecule has 1 unspecified atom stereocenters. The van der Waals surface area contributed by atoms with Crippen molar-refractivity contribution < 1.29 is 17.9 Å². The normalized spacial score (nSPS) is 13.1. The van der Waals surface area contributed by atoms with Gasteiger partial charge in [0.25, 0.3) is 0 Å². The fraction of sp³-hybridized carbons (Fsp3) is 0.417. The maximum atomic E-state index is 11.3. The molecule has 1 aromatic rings. The average Bonchev–Trinajstić information content (AvgIpc) is 2.28. The number of hydrogen-bond acceptors (Lipinski definition) is 5. The predicted molar refractivity (Wildman–Crippen MR) is 71.5 cm³/mol. The highest BCUT2D eigenvalue weighted by Crippen LogP contribution is 2.26. The van der Waals surface area contributed by atoms with E-state index < -0.39 is 9.84 Å². The van der Waals surface area contributed by atoms with E-state index in [1.807, 2.05) is 6.92 Å². The van der Waals surface area contributed by atoms with Gasteiger partial charge in [0.2, 0.25) is 0 Å². The standard InChI is InChI=1S/C12H16O4S2/c1-9(8-12(13)16-2)17-10-4-6-11(7-5-10)18(3,14)15/h4-7,9H,8H2,1-3H3. The van der Waals surface area contributed by atoms with Gasteiger partial charge in [-0.3, -0.25) is 4.79 Å². The molecule has 6 heteroatoms. The minimum Gasteiger partial charge on any atom is -0.469 e. The van der Waals surface area contributed by atoms with Gasteiger partial charge in [-0.2, -0.15) is 0 Å². The lowest BCUT2D eigenvalue weighted by molar-refractivity contribution is -0.140. The molecular formula is C12H16O4S2. The van der Waals surface area contributed by atoms with Gasteiger partial charge in [-0.15, -0.1) is 11.8 Å². The number of hydrogen-bond donors (Lipinski definition) is 0. The van der Waals surface area contributed by atoms with Crippen LogP contribution in [0.2, 0.25) is 0 Å². The van der Waals surface area contributed by atoms with Crippen molar-refractivity contribution in [3.63, 3.8) is 0 Å². The summed E-state index contributed by atoms with van der Waals surface area (Å²) in [4.78, 5) is 12.3. The maximum Gasteiger partial charge on any atom is 0.306 e. The minimum atomic E-state index is -3.15. The highest BCUT2D eigenvalue weighted by atomic mass is 32.2. The zero-order valence-corrected chi connectivity index (χ0v) is 12.2. The summed E-state index contributed by atoms with van der Waals surface area (Å²) >= 11 is 1.51. The molecule has 0 aliphatic heterocycles. The third kappa shape index (κ3) is 4.70. The summed E-state index contributed by atoms with van der Waals surface area (Å²) in [5, 5.41) is 0.0848. The van der Waals surface area contributed by atoms with Crippen molar-refractivity contribution in [1.82, 2.24) is 0 Å². The molecule has 0 amide bonds. The topological polar surface area (TPSA) is 60.4 Å². The Bertz CT molecular complexity index is 505. The van der Waals surface area contributed by atoms with Gasteiger partial charge in [-0.05, 0) is 24.3 Å². The van der Waals surface area contributed by atoms with E-state index in [-0.39, 0.29) is 11.2 Å². The number of carbonyl (C=O) groups is 1. The largest absolute Gasteiger partial charge is 0.469 e. The quantitative estimate of drug-likeness (QED) is 0.613. The van der Waals surface area contributed by atoms with Gasteiger partial charge >= 0.3 is 5.97 Å². The summed E-state index contributed by atoms with van der Waals surface area (Å²) in [6.45, 7) is 1.92. The Labute approximate surface area is 112 Å². The van der Waals surface area contributed by atoms with E-state index in [1.54, 1.807) is 24.3 Å². The van der Waals surface area contributed by atoms with Gasteiger partial charge in [0, 0.05) is 16.4 Å². The molecule has 4 nitrogen and oxygen atoms in total. The van der Waals surface area contributed by atoms with Gasteiger partial charge in [-0.1, -0.05) is 6.92 Å². The van der Waals surface area contributed by atoms with Gasteiger partial charge in [0.15, 0.2) is 9.84 Å². The molecule has 1 rings (SSSR count). The highest BCUT2D eigenvalue weighted by molar-refractivity contribution is 8.00. The van der Waals surface area contributed by atoms with Crippen molar-refractivity contribution in [1.29, 1.82) is 0 Å². The number of esters is 1. The summed E-state index contributed by atoms with van der Waals surface area (Å²) in [5.74, 6) is -0.247. The number of carbonyl (C=O) groups excluding carboxylic acids is 1. The van der Waals surface area contributed by atoms with Crippen LogP contribution in [0.1, 0.15) is 13.3 Å². The van der Waals surface area contributed by atoms with E-state index in [1.165, 1.54) is 25.1 Å². The molecule has 100 valence electrons. The fourth-order valence-corrected chi connectivity index (χ4v) is 2.97. The lowest BCUT2D eigenvalue weighted by Gasteiger charge is -2.09. The van der Waals surface area contributed by atoms with Gasteiger partial charge in [0.1, 0.15) is 0 Å². The van der Waals surface area contributed by atoms with E-state index in [4.69, 9.17) is 0 Å². The number of benzene rings is 1. The number of ether oxygens (including phenoxy) is 1. The molecule has 0 radical (unpaired) electrons. The monoisotopic (exact) mass is 288 g/mol. The van der Waals surface area contributed by atoms with Gasteiger partial charge in [-0.25, -0.2) is 8.42 Å². The van der Waals surface area contributed by atoms with Crippen LogP contribution < -0.4 is 0 Å². The molecule has 0 N–H and O–H groups in total. The number of thioether (sulfide) groups is 1. The molecule has 18 heavy (non-hydrogen) atoms. The van der Waals surface area contributed by atoms with Crippen LogP contribution in [0.4, 0.5) is 0 Å². The fourth-order valence-electron chi connectivity index (χ4n) is 1.36. The second-order valence-corrected chi connectivity index (χ2v) is 7.48. The first kappa shape index (κ1) is 15.0. The molecule has 0 aromatic heterocycles. The van der Waals surface area contributed by atoms with Crippen LogP contribution in [0.25, 0.3) is 0 Å². The molecule has 0 saturated heterocycles. The second-order valence-electron chi connectivity index (χ2n) is 3.95. The Morgan fingerprint density at radius 1 is 1.33 bits per heavy atom. The first-order valence-electron chi connectivity index (χ1n) is 5.36. The Morgan fingerprint density at radius 2 is 1.89 bits per heavy atom. The zero-order chi connectivity index (χ0) is 13.8. The van der Waals surface area contributed by atoms with Gasteiger partial charge in [0.05, 0.1) is 18.4 Å². The van der Waals surface area contributed by atoms with Crippen LogP contribution in [0.3, 0.4) is 0 Å². The van der Waals surface area contributed by atoms with Crippen LogP contribution in [-0.4, -0.2) is 33.0 Å². The molecule has 0 spiro atoms. The van der Waals surface area contributed by atoms with E-state index in [9.17, 15) is 13.2 Å². The predicted octanol–water partition coefficient (Wildman–Crippen LogP) is 2.13. The number of rotatable bonds is 5. The summed E-state index contributed by atoms with van der Waals surface area (Å²) in [6.07, 6.45) is 1.50. The van der Waals surface area contributed by atoms with Crippen molar-refractivity contribution in [2.45, 2.75) is 28.4 Å². The first-order valence-corrected chi connectivity index (χ1v) is 8.13.